The standard InChI is InChI=1S/C18H20N4O5/c1-10(23)27-17-14(25-2)7-11(8-15(17)26-3)9-19-22-18(24)16-12-5-4-6-13(12)20-21-16/h7-9H,4-6H2,1-3H3,(H,20,21)(H,22,24)/b19-9-. The minimum absolute atomic E-state index is 0.181. The lowest BCUT2D eigenvalue weighted by Crippen LogP contribution is -2.19. The zero-order chi connectivity index (χ0) is 19.4. The van der Waals surface area contributed by atoms with Crippen molar-refractivity contribution in [2.75, 3.05) is 14.2 Å². The summed E-state index contributed by atoms with van der Waals surface area (Å²) in [6.45, 7) is 1.29. The Bertz CT molecular complexity index is 878. The van der Waals surface area contributed by atoms with E-state index >= 15 is 0 Å². The van der Waals surface area contributed by atoms with E-state index in [-0.39, 0.29) is 11.7 Å². The van der Waals surface area contributed by atoms with Gasteiger partial charge in [-0.3, -0.25) is 14.7 Å². The number of carbonyl (C=O) groups excluding carboxylic acids is 2. The van der Waals surface area contributed by atoms with Crippen LogP contribution >= 0.6 is 0 Å². The molecule has 1 amide bonds. The SMILES string of the molecule is COc1cc(/C=N\NC(=O)c2n[nH]c3c2CCC3)cc(OC)c1OC(C)=O. The number of H-pyrrole nitrogens is 1. The fraction of sp³-hybridized carbons (Fsp3) is 0.333. The Morgan fingerprint density at radius 3 is 2.56 bits per heavy atom. The number of fused-ring (bicyclic) bond motifs is 1. The highest BCUT2D eigenvalue weighted by Gasteiger charge is 2.22. The Morgan fingerprint density at radius 2 is 1.93 bits per heavy atom. The minimum Gasteiger partial charge on any atom is -0.493 e. The fourth-order valence-corrected chi connectivity index (χ4v) is 2.94. The van der Waals surface area contributed by atoms with Gasteiger partial charge in [-0.1, -0.05) is 0 Å². The van der Waals surface area contributed by atoms with Gasteiger partial charge in [-0.05, 0) is 31.4 Å². The summed E-state index contributed by atoms with van der Waals surface area (Å²) >= 11 is 0. The van der Waals surface area contributed by atoms with Crippen molar-refractivity contribution < 1.29 is 23.8 Å². The van der Waals surface area contributed by atoms with Gasteiger partial charge in [0.25, 0.3) is 5.91 Å². The normalized spacial score (nSPS) is 12.7. The molecule has 0 fully saturated rings. The quantitative estimate of drug-likeness (QED) is 0.344. The van der Waals surface area contributed by atoms with Crippen molar-refractivity contribution in [2.24, 2.45) is 5.10 Å². The number of hydrazone groups is 1. The van der Waals surface area contributed by atoms with Crippen LogP contribution in [0.3, 0.4) is 0 Å². The molecule has 0 spiro atoms. The van der Waals surface area contributed by atoms with E-state index in [9.17, 15) is 9.59 Å². The summed E-state index contributed by atoms with van der Waals surface area (Å²) in [5.41, 5.74) is 5.40. The second-order valence-electron chi connectivity index (χ2n) is 5.93. The lowest BCUT2D eigenvalue weighted by Gasteiger charge is -2.13. The maximum absolute atomic E-state index is 12.3. The van der Waals surface area contributed by atoms with Crippen LogP contribution in [0.1, 0.15) is 40.7 Å². The number of nitrogens with one attached hydrogen (secondary N) is 2. The number of amides is 1. The van der Waals surface area contributed by atoms with Gasteiger partial charge in [0.05, 0.1) is 20.4 Å². The first-order chi connectivity index (χ1) is 13.0. The molecule has 0 radical (unpaired) electrons. The molecule has 2 aromatic rings. The van der Waals surface area contributed by atoms with Gasteiger partial charge in [-0.25, -0.2) is 5.43 Å². The first-order valence-corrected chi connectivity index (χ1v) is 8.37. The molecule has 2 N–H and O–H groups in total. The molecule has 0 unspecified atom stereocenters. The average molecular weight is 372 g/mol. The van der Waals surface area contributed by atoms with Crippen molar-refractivity contribution in [3.63, 3.8) is 0 Å². The Hall–Kier alpha value is -3.36. The van der Waals surface area contributed by atoms with Crippen molar-refractivity contribution >= 4 is 18.1 Å². The highest BCUT2D eigenvalue weighted by atomic mass is 16.6. The van der Waals surface area contributed by atoms with E-state index in [4.69, 9.17) is 14.2 Å². The molecule has 9 nitrogen and oxygen atoms in total. The number of ether oxygens (including phenoxy) is 3. The largest absolute Gasteiger partial charge is 0.493 e. The molecule has 0 saturated carbocycles. The topological polar surface area (TPSA) is 115 Å². The number of esters is 1. The summed E-state index contributed by atoms with van der Waals surface area (Å²) in [6.07, 6.45) is 4.20. The maximum atomic E-state index is 12.3. The molecule has 0 bridgehead atoms. The van der Waals surface area contributed by atoms with Crippen molar-refractivity contribution in [1.29, 1.82) is 0 Å². The van der Waals surface area contributed by atoms with Gasteiger partial charge in [-0.15, -0.1) is 0 Å². The van der Waals surface area contributed by atoms with Crippen molar-refractivity contribution in [1.82, 2.24) is 15.6 Å². The van der Waals surface area contributed by atoms with E-state index in [1.807, 2.05) is 0 Å². The third-order valence-electron chi connectivity index (χ3n) is 4.13. The molecule has 1 aromatic carbocycles. The van der Waals surface area contributed by atoms with E-state index in [0.717, 1.165) is 30.5 Å². The molecular weight excluding hydrogens is 352 g/mol. The monoisotopic (exact) mass is 372 g/mol. The lowest BCUT2D eigenvalue weighted by atomic mass is 10.2. The zero-order valence-electron chi connectivity index (χ0n) is 15.3. The maximum Gasteiger partial charge on any atom is 0.308 e. The highest BCUT2D eigenvalue weighted by molar-refractivity contribution is 5.95. The molecule has 0 saturated heterocycles. The summed E-state index contributed by atoms with van der Waals surface area (Å²) in [6, 6.07) is 3.23. The van der Waals surface area contributed by atoms with Gasteiger partial charge in [0.15, 0.2) is 17.2 Å². The first kappa shape index (κ1) is 18.4. The van der Waals surface area contributed by atoms with Crippen LogP contribution in [0, 0.1) is 0 Å². The number of rotatable bonds is 6. The smallest absolute Gasteiger partial charge is 0.308 e. The molecule has 1 aliphatic rings. The number of carbonyl (C=O) groups is 2. The van der Waals surface area contributed by atoms with E-state index in [1.165, 1.54) is 27.4 Å². The van der Waals surface area contributed by atoms with Gasteiger partial charge in [0.2, 0.25) is 5.75 Å². The average Bonchev–Trinajstić information content (AvgIpc) is 3.25. The van der Waals surface area contributed by atoms with Crippen LogP contribution in [0.2, 0.25) is 0 Å². The first-order valence-electron chi connectivity index (χ1n) is 8.37. The summed E-state index contributed by atoms with van der Waals surface area (Å²) in [4.78, 5) is 23.5. The Labute approximate surface area is 155 Å². The van der Waals surface area contributed by atoms with E-state index < -0.39 is 5.97 Å². The summed E-state index contributed by atoms with van der Waals surface area (Å²) in [7, 11) is 2.89. The van der Waals surface area contributed by atoms with E-state index in [2.05, 4.69) is 20.7 Å². The van der Waals surface area contributed by atoms with Crippen LogP contribution in [0.4, 0.5) is 0 Å². The molecule has 27 heavy (non-hydrogen) atoms. The number of hydrogen-bond acceptors (Lipinski definition) is 7. The third kappa shape index (κ3) is 3.91. The van der Waals surface area contributed by atoms with Crippen LogP contribution in [0.15, 0.2) is 17.2 Å². The lowest BCUT2D eigenvalue weighted by molar-refractivity contribution is -0.132. The molecular formula is C18H20N4O5. The predicted octanol–water partition coefficient (Wildman–Crippen LogP) is 1.60. The van der Waals surface area contributed by atoms with Crippen LogP contribution in [-0.4, -0.2) is 42.5 Å². The van der Waals surface area contributed by atoms with Crippen molar-refractivity contribution in [2.45, 2.75) is 26.2 Å². The molecule has 1 aliphatic carbocycles. The summed E-state index contributed by atoms with van der Waals surface area (Å²) in [5.74, 6) is -0.0707. The highest BCUT2D eigenvalue weighted by Crippen LogP contribution is 2.38. The molecule has 0 atom stereocenters. The molecule has 1 aromatic heterocycles. The molecule has 0 aliphatic heterocycles. The molecule has 3 rings (SSSR count). The van der Waals surface area contributed by atoms with Gasteiger partial charge < -0.3 is 14.2 Å². The molecule has 1 heterocycles. The van der Waals surface area contributed by atoms with Crippen molar-refractivity contribution in [3.8, 4) is 17.2 Å². The van der Waals surface area contributed by atoms with Crippen LogP contribution in [-0.2, 0) is 17.6 Å². The number of aromatic nitrogens is 2. The number of nitrogens with zero attached hydrogens (tertiary/aromatic N) is 2. The minimum atomic E-state index is -0.494. The third-order valence-corrected chi connectivity index (χ3v) is 4.13. The second-order valence-corrected chi connectivity index (χ2v) is 5.93. The van der Waals surface area contributed by atoms with E-state index in [1.54, 1.807) is 12.1 Å². The number of benzene rings is 1. The number of hydrogen-bond donors (Lipinski definition) is 2. The van der Waals surface area contributed by atoms with Gasteiger partial charge in [-0.2, -0.15) is 10.2 Å². The zero-order valence-corrected chi connectivity index (χ0v) is 15.3. The molecule has 9 heteroatoms. The Kier molecular flexibility index (Phi) is 5.39. The van der Waals surface area contributed by atoms with Gasteiger partial charge in [0.1, 0.15) is 0 Å². The van der Waals surface area contributed by atoms with Crippen molar-refractivity contribution in [3.05, 3.63) is 34.6 Å². The fourth-order valence-electron chi connectivity index (χ4n) is 2.94. The summed E-state index contributed by atoms with van der Waals surface area (Å²) in [5, 5.41) is 10.9. The number of aryl methyl sites for hydroxylation is 1. The van der Waals surface area contributed by atoms with E-state index in [0.29, 0.717) is 22.8 Å². The summed E-state index contributed by atoms with van der Waals surface area (Å²) < 4.78 is 15.6. The number of methoxy groups -OCH3 is 2. The molecule has 142 valence electrons. The van der Waals surface area contributed by atoms with Gasteiger partial charge >= 0.3 is 5.97 Å². The van der Waals surface area contributed by atoms with Crippen LogP contribution in [0.25, 0.3) is 0 Å². The van der Waals surface area contributed by atoms with Crippen LogP contribution < -0.4 is 19.6 Å². The van der Waals surface area contributed by atoms with Gasteiger partial charge in [0, 0.05) is 23.7 Å². The Morgan fingerprint density at radius 1 is 1.22 bits per heavy atom. The van der Waals surface area contributed by atoms with Crippen LogP contribution in [0.5, 0.6) is 17.2 Å². The second kappa shape index (κ2) is 7.90. The Balaban J connectivity index is 1.76. The number of aromatic amines is 1. The predicted molar refractivity (Wildman–Crippen MR) is 96.5 cm³/mol.